The van der Waals surface area contributed by atoms with Crippen LogP contribution in [0.4, 0.5) is 0 Å². The number of rotatable bonds is 4. The molecule has 4 heteroatoms. The summed E-state index contributed by atoms with van der Waals surface area (Å²) in [5, 5.41) is 3.98. The normalized spacial score (nSPS) is 10.5. The number of aromatic nitrogens is 1. The molecule has 4 nitrogen and oxygen atoms in total. The minimum Gasteiger partial charge on any atom is -0.496 e. The summed E-state index contributed by atoms with van der Waals surface area (Å²) in [6, 6.07) is 7.85. The lowest BCUT2D eigenvalue weighted by molar-refractivity contribution is 0.403. The molecule has 2 aromatic rings. The minimum atomic E-state index is 0.566. The minimum absolute atomic E-state index is 0.566. The van der Waals surface area contributed by atoms with Crippen LogP contribution in [0.5, 0.6) is 5.75 Å². The molecule has 0 fully saturated rings. The molecule has 90 valence electrons. The first-order chi connectivity index (χ1) is 8.24. The maximum atomic E-state index is 5.48. The molecule has 0 aliphatic rings. The number of nitrogens with zero attached hydrogens (tertiary/aromatic N) is 1. The standard InChI is InChI=1S/C13H16N2O2/c1-9-3-4-12(16-2)11(7-9)13-8-10(5-6-14)15-17-13/h3-4,7-8H,5-6,14H2,1-2H3. The van der Waals surface area contributed by atoms with E-state index in [1.807, 2.05) is 31.2 Å². The van der Waals surface area contributed by atoms with Crippen molar-refractivity contribution >= 4 is 0 Å². The maximum absolute atomic E-state index is 5.48. The molecule has 0 saturated heterocycles. The molecule has 17 heavy (non-hydrogen) atoms. The summed E-state index contributed by atoms with van der Waals surface area (Å²) in [6.07, 6.45) is 0.720. The second-order valence-corrected chi connectivity index (χ2v) is 3.92. The number of hydrogen-bond donors (Lipinski definition) is 1. The van der Waals surface area contributed by atoms with Crippen LogP contribution in [0.2, 0.25) is 0 Å². The Bertz CT molecular complexity index is 506. The molecule has 0 bridgehead atoms. The van der Waals surface area contributed by atoms with E-state index >= 15 is 0 Å². The van der Waals surface area contributed by atoms with Gasteiger partial charge in [0.25, 0.3) is 0 Å². The van der Waals surface area contributed by atoms with Gasteiger partial charge in [0.1, 0.15) is 5.75 Å². The number of aryl methyl sites for hydroxylation is 1. The van der Waals surface area contributed by atoms with Crippen molar-refractivity contribution < 1.29 is 9.26 Å². The molecule has 0 aliphatic heterocycles. The van der Waals surface area contributed by atoms with E-state index in [0.717, 1.165) is 29.0 Å². The highest BCUT2D eigenvalue weighted by molar-refractivity contribution is 5.66. The molecule has 0 aliphatic carbocycles. The lowest BCUT2D eigenvalue weighted by Crippen LogP contribution is -2.02. The van der Waals surface area contributed by atoms with Gasteiger partial charge in [-0.2, -0.15) is 0 Å². The Morgan fingerprint density at radius 2 is 2.18 bits per heavy atom. The summed E-state index contributed by atoms with van der Waals surface area (Å²) in [4.78, 5) is 0. The van der Waals surface area contributed by atoms with Crippen molar-refractivity contribution in [3.8, 4) is 17.1 Å². The average Bonchev–Trinajstić information content (AvgIpc) is 2.78. The van der Waals surface area contributed by atoms with Crippen LogP contribution >= 0.6 is 0 Å². The summed E-state index contributed by atoms with van der Waals surface area (Å²) in [5.41, 5.74) is 8.42. The van der Waals surface area contributed by atoms with Crippen LogP contribution in [0.1, 0.15) is 11.3 Å². The van der Waals surface area contributed by atoms with Gasteiger partial charge in [0.05, 0.1) is 18.4 Å². The number of benzene rings is 1. The van der Waals surface area contributed by atoms with Crippen LogP contribution in [0.3, 0.4) is 0 Å². The Hall–Kier alpha value is -1.81. The summed E-state index contributed by atoms with van der Waals surface area (Å²) in [6.45, 7) is 2.59. The Labute approximate surface area is 100 Å². The second kappa shape index (κ2) is 5.01. The Morgan fingerprint density at radius 1 is 1.35 bits per heavy atom. The van der Waals surface area contributed by atoms with Gasteiger partial charge in [-0.25, -0.2) is 0 Å². The Morgan fingerprint density at radius 3 is 2.88 bits per heavy atom. The molecule has 2 N–H and O–H groups in total. The molecule has 0 saturated carbocycles. The molecular formula is C13H16N2O2. The van der Waals surface area contributed by atoms with E-state index < -0.39 is 0 Å². The molecule has 1 heterocycles. The highest BCUT2D eigenvalue weighted by Gasteiger charge is 2.11. The molecule has 1 aromatic heterocycles. The van der Waals surface area contributed by atoms with Gasteiger partial charge in [-0.1, -0.05) is 16.8 Å². The number of nitrogens with two attached hydrogens (primary N) is 1. The number of hydrogen-bond acceptors (Lipinski definition) is 4. The van der Waals surface area contributed by atoms with Gasteiger partial charge in [0.2, 0.25) is 0 Å². The van der Waals surface area contributed by atoms with Gasteiger partial charge in [-0.05, 0) is 25.6 Å². The fourth-order valence-corrected chi connectivity index (χ4v) is 1.72. The van der Waals surface area contributed by atoms with Crippen molar-refractivity contribution in [3.05, 3.63) is 35.5 Å². The van der Waals surface area contributed by atoms with Gasteiger partial charge in [0, 0.05) is 12.5 Å². The van der Waals surface area contributed by atoms with Crippen LogP contribution in [0.15, 0.2) is 28.8 Å². The third-order valence-corrected chi connectivity index (χ3v) is 2.58. The number of methoxy groups -OCH3 is 1. The second-order valence-electron chi connectivity index (χ2n) is 3.92. The molecule has 2 rings (SSSR count). The highest BCUT2D eigenvalue weighted by atomic mass is 16.5. The first kappa shape index (κ1) is 11.7. The lowest BCUT2D eigenvalue weighted by Gasteiger charge is -2.05. The van der Waals surface area contributed by atoms with Crippen molar-refractivity contribution in [3.63, 3.8) is 0 Å². The zero-order chi connectivity index (χ0) is 12.3. The predicted molar refractivity (Wildman–Crippen MR) is 66.0 cm³/mol. The summed E-state index contributed by atoms with van der Waals surface area (Å²) < 4.78 is 10.6. The fourth-order valence-electron chi connectivity index (χ4n) is 1.72. The van der Waals surface area contributed by atoms with Crippen molar-refractivity contribution in [1.82, 2.24) is 5.16 Å². The molecule has 0 unspecified atom stereocenters. The molecule has 0 amide bonds. The fraction of sp³-hybridized carbons (Fsp3) is 0.308. The molecular weight excluding hydrogens is 216 g/mol. The lowest BCUT2D eigenvalue weighted by atomic mass is 10.1. The van der Waals surface area contributed by atoms with E-state index in [-0.39, 0.29) is 0 Å². The maximum Gasteiger partial charge on any atom is 0.170 e. The van der Waals surface area contributed by atoms with Gasteiger partial charge >= 0.3 is 0 Å². The van der Waals surface area contributed by atoms with Crippen molar-refractivity contribution in [2.24, 2.45) is 5.73 Å². The van der Waals surface area contributed by atoms with E-state index in [1.54, 1.807) is 7.11 Å². The van der Waals surface area contributed by atoms with E-state index in [9.17, 15) is 0 Å². The summed E-state index contributed by atoms with van der Waals surface area (Å²) in [7, 11) is 1.64. The van der Waals surface area contributed by atoms with E-state index in [4.69, 9.17) is 15.0 Å². The van der Waals surface area contributed by atoms with Crippen molar-refractivity contribution in [2.75, 3.05) is 13.7 Å². The molecule has 0 spiro atoms. The number of ether oxygens (including phenoxy) is 1. The van der Waals surface area contributed by atoms with Gasteiger partial charge in [-0.3, -0.25) is 0 Å². The van der Waals surface area contributed by atoms with E-state index in [0.29, 0.717) is 12.3 Å². The van der Waals surface area contributed by atoms with Crippen molar-refractivity contribution in [1.29, 1.82) is 0 Å². The van der Waals surface area contributed by atoms with Crippen molar-refractivity contribution in [2.45, 2.75) is 13.3 Å². The summed E-state index contributed by atoms with van der Waals surface area (Å²) in [5.74, 6) is 1.50. The van der Waals surface area contributed by atoms with Crippen LogP contribution in [-0.4, -0.2) is 18.8 Å². The molecule has 0 atom stereocenters. The Balaban J connectivity index is 2.40. The topological polar surface area (TPSA) is 61.3 Å². The van der Waals surface area contributed by atoms with E-state index in [2.05, 4.69) is 5.16 Å². The third kappa shape index (κ3) is 2.47. The third-order valence-electron chi connectivity index (χ3n) is 2.58. The molecule has 1 aromatic carbocycles. The first-order valence-corrected chi connectivity index (χ1v) is 5.55. The SMILES string of the molecule is COc1ccc(C)cc1-c1cc(CCN)no1. The Kier molecular flexibility index (Phi) is 3.44. The summed E-state index contributed by atoms with van der Waals surface area (Å²) >= 11 is 0. The predicted octanol–water partition coefficient (Wildman–Crippen LogP) is 2.16. The van der Waals surface area contributed by atoms with E-state index in [1.165, 1.54) is 0 Å². The van der Waals surface area contributed by atoms with Crippen LogP contribution < -0.4 is 10.5 Å². The highest BCUT2D eigenvalue weighted by Crippen LogP contribution is 2.31. The first-order valence-electron chi connectivity index (χ1n) is 5.55. The van der Waals surface area contributed by atoms with Crippen LogP contribution in [-0.2, 0) is 6.42 Å². The van der Waals surface area contributed by atoms with Gasteiger partial charge in [-0.15, -0.1) is 0 Å². The monoisotopic (exact) mass is 232 g/mol. The smallest absolute Gasteiger partial charge is 0.170 e. The average molecular weight is 232 g/mol. The van der Waals surface area contributed by atoms with Crippen LogP contribution in [0, 0.1) is 6.92 Å². The quantitative estimate of drug-likeness (QED) is 0.877. The molecule has 0 radical (unpaired) electrons. The largest absolute Gasteiger partial charge is 0.496 e. The van der Waals surface area contributed by atoms with Gasteiger partial charge in [0.15, 0.2) is 5.76 Å². The van der Waals surface area contributed by atoms with Gasteiger partial charge < -0.3 is 15.0 Å². The zero-order valence-electron chi connectivity index (χ0n) is 10.1. The van der Waals surface area contributed by atoms with Crippen LogP contribution in [0.25, 0.3) is 11.3 Å². The zero-order valence-corrected chi connectivity index (χ0v) is 10.1.